The number of hydrogen-bond acceptors (Lipinski definition) is 5. The van der Waals surface area contributed by atoms with E-state index in [4.69, 9.17) is 24.4 Å². The molecule has 0 aliphatic carbocycles. The molecule has 6 nitrogen and oxygen atoms in total. The number of rotatable bonds is 9. The van der Waals surface area contributed by atoms with Crippen LogP contribution in [0.25, 0.3) is 0 Å². The van der Waals surface area contributed by atoms with E-state index in [9.17, 15) is 4.79 Å². The van der Waals surface area contributed by atoms with Gasteiger partial charge < -0.3 is 24.4 Å². The number of aliphatic hydroxyl groups excluding tert-OH is 1. The molecule has 0 aromatic heterocycles. The fraction of sp³-hybridized carbons (Fsp3) is 0.750. The molecular weight excluding hydrogens is 240 g/mol. The van der Waals surface area contributed by atoms with E-state index in [1.165, 1.54) is 0 Å². The number of aliphatic hydroxyl groups is 1. The van der Waals surface area contributed by atoms with Crippen LogP contribution < -0.4 is 0 Å². The molecule has 0 radical (unpaired) electrons. The lowest BCUT2D eigenvalue weighted by Gasteiger charge is -2.33. The van der Waals surface area contributed by atoms with Gasteiger partial charge in [-0.05, 0) is 0 Å². The van der Waals surface area contributed by atoms with Crippen molar-refractivity contribution in [1.82, 2.24) is 0 Å². The van der Waals surface area contributed by atoms with E-state index in [-0.39, 0.29) is 31.0 Å². The van der Waals surface area contributed by atoms with Crippen LogP contribution in [0.2, 0.25) is 0 Å². The normalized spacial score (nSPS) is 28.5. The molecule has 2 aliphatic heterocycles. The predicted molar refractivity (Wildman–Crippen MR) is 61.3 cm³/mol. The number of hydrogen-bond donors (Lipinski definition) is 2. The number of carbonyl (C=O) groups is 1. The molecule has 2 heterocycles. The van der Waals surface area contributed by atoms with Crippen molar-refractivity contribution in [1.29, 1.82) is 0 Å². The number of epoxide rings is 2. The molecule has 0 amide bonds. The van der Waals surface area contributed by atoms with Gasteiger partial charge in [-0.1, -0.05) is 6.58 Å². The Kier molecular flexibility index (Phi) is 4.01. The van der Waals surface area contributed by atoms with Crippen LogP contribution in [0.4, 0.5) is 0 Å². The second-order valence-electron chi connectivity index (χ2n) is 4.67. The molecule has 0 saturated carbocycles. The van der Waals surface area contributed by atoms with Gasteiger partial charge in [0.15, 0.2) is 0 Å². The molecule has 2 rings (SSSR count). The molecule has 0 aromatic carbocycles. The Bertz CT molecular complexity index is 317. The Morgan fingerprint density at radius 3 is 2.17 bits per heavy atom. The second-order valence-corrected chi connectivity index (χ2v) is 4.67. The van der Waals surface area contributed by atoms with Gasteiger partial charge in [0.1, 0.15) is 5.60 Å². The van der Waals surface area contributed by atoms with Crippen LogP contribution in [0.15, 0.2) is 12.2 Å². The van der Waals surface area contributed by atoms with Crippen LogP contribution in [-0.4, -0.2) is 60.4 Å². The SMILES string of the molecule is C=C(C(=O)O)C(CC1CO1)(CC1CO1)OCCO. The molecule has 0 bridgehead atoms. The third kappa shape index (κ3) is 3.29. The van der Waals surface area contributed by atoms with Crippen LogP contribution in [0.5, 0.6) is 0 Å². The fourth-order valence-corrected chi connectivity index (χ4v) is 2.08. The van der Waals surface area contributed by atoms with Gasteiger partial charge in [-0.15, -0.1) is 0 Å². The molecular formula is C12H18O6. The van der Waals surface area contributed by atoms with E-state index in [1.807, 2.05) is 0 Å². The number of aliphatic carboxylic acids is 1. The van der Waals surface area contributed by atoms with Crippen LogP contribution in [-0.2, 0) is 19.0 Å². The Labute approximate surface area is 105 Å². The van der Waals surface area contributed by atoms with Crippen molar-refractivity contribution in [3.63, 3.8) is 0 Å². The van der Waals surface area contributed by atoms with Gasteiger partial charge in [0.05, 0.1) is 44.2 Å². The highest BCUT2D eigenvalue weighted by Gasteiger charge is 2.47. The molecule has 102 valence electrons. The highest BCUT2D eigenvalue weighted by molar-refractivity contribution is 5.88. The smallest absolute Gasteiger partial charge is 0.333 e. The van der Waals surface area contributed by atoms with Gasteiger partial charge in [0, 0.05) is 12.8 Å². The van der Waals surface area contributed by atoms with Crippen LogP contribution >= 0.6 is 0 Å². The highest BCUT2D eigenvalue weighted by Crippen LogP contribution is 2.38. The van der Waals surface area contributed by atoms with Gasteiger partial charge in [0.25, 0.3) is 0 Å². The number of carboxylic acid groups (broad SMARTS) is 1. The van der Waals surface area contributed by atoms with E-state index in [0.29, 0.717) is 26.1 Å². The summed E-state index contributed by atoms with van der Waals surface area (Å²) < 4.78 is 15.9. The molecule has 0 spiro atoms. The minimum Gasteiger partial charge on any atom is -0.478 e. The van der Waals surface area contributed by atoms with E-state index < -0.39 is 11.6 Å². The summed E-state index contributed by atoms with van der Waals surface area (Å²) in [4.78, 5) is 11.2. The first-order valence-electron chi connectivity index (χ1n) is 5.98. The third-order valence-electron chi connectivity index (χ3n) is 3.20. The summed E-state index contributed by atoms with van der Waals surface area (Å²) in [6, 6.07) is 0. The topological polar surface area (TPSA) is 91.8 Å². The first kappa shape index (κ1) is 13.5. The highest BCUT2D eigenvalue weighted by atomic mass is 16.6. The Morgan fingerprint density at radius 2 is 1.83 bits per heavy atom. The molecule has 2 aliphatic rings. The van der Waals surface area contributed by atoms with Crippen molar-refractivity contribution in [2.75, 3.05) is 26.4 Å². The Hall–Kier alpha value is -0.950. The van der Waals surface area contributed by atoms with Crippen LogP contribution in [0.3, 0.4) is 0 Å². The van der Waals surface area contributed by atoms with E-state index in [2.05, 4.69) is 6.58 Å². The van der Waals surface area contributed by atoms with Crippen molar-refractivity contribution < 1.29 is 29.2 Å². The maximum absolute atomic E-state index is 11.2. The van der Waals surface area contributed by atoms with Crippen molar-refractivity contribution in [3.05, 3.63) is 12.2 Å². The summed E-state index contributed by atoms with van der Waals surface area (Å²) in [5, 5.41) is 18.0. The van der Waals surface area contributed by atoms with Gasteiger partial charge in [-0.25, -0.2) is 4.79 Å². The number of ether oxygens (including phenoxy) is 3. The summed E-state index contributed by atoms with van der Waals surface area (Å²) in [6.45, 7) is 4.77. The zero-order chi connectivity index (χ0) is 13.2. The second kappa shape index (κ2) is 5.36. The molecule has 2 fully saturated rings. The maximum Gasteiger partial charge on any atom is 0.333 e. The maximum atomic E-state index is 11.2. The largest absolute Gasteiger partial charge is 0.478 e. The lowest BCUT2D eigenvalue weighted by molar-refractivity contribution is -0.137. The minimum atomic E-state index is -1.09. The first-order valence-corrected chi connectivity index (χ1v) is 5.98. The van der Waals surface area contributed by atoms with E-state index >= 15 is 0 Å². The molecule has 2 atom stereocenters. The van der Waals surface area contributed by atoms with Crippen molar-refractivity contribution >= 4 is 5.97 Å². The van der Waals surface area contributed by atoms with E-state index in [0.717, 1.165) is 0 Å². The molecule has 18 heavy (non-hydrogen) atoms. The lowest BCUT2D eigenvalue weighted by Crippen LogP contribution is -2.41. The molecule has 6 heteroatoms. The lowest BCUT2D eigenvalue weighted by atomic mass is 9.85. The quantitative estimate of drug-likeness (QED) is 0.445. The molecule has 2 N–H and O–H groups in total. The van der Waals surface area contributed by atoms with E-state index in [1.54, 1.807) is 0 Å². The average molecular weight is 258 g/mol. The monoisotopic (exact) mass is 258 g/mol. The zero-order valence-electron chi connectivity index (χ0n) is 10.1. The first-order chi connectivity index (χ1) is 8.57. The van der Waals surface area contributed by atoms with Crippen molar-refractivity contribution in [3.8, 4) is 0 Å². The van der Waals surface area contributed by atoms with Gasteiger partial charge in [-0.3, -0.25) is 0 Å². The van der Waals surface area contributed by atoms with Gasteiger partial charge in [-0.2, -0.15) is 0 Å². The molecule has 0 aromatic rings. The van der Waals surface area contributed by atoms with Crippen molar-refractivity contribution in [2.24, 2.45) is 0 Å². The molecule has 2 unspecified atom stereocenters. The molecule has 2 saturated heterocycles. The van der Waals surface area contributed by atoms with Crippen LogP contribution in [0.1, 0.15) is 12.8 Å². The van der Waals surface area contributed by atoms with Gasteiger partial charge in [0.2, 0.25) is 0 Å². The third-order valence-corrected chi connectivity index (χ3v) is 3.20. The summed E-state index contributed by atoms with van der Waals surface area (Å²) in [5.74, 6) is -1.09. The Balaban J connectivity index is 2.12. The minimum absolute atomic E-state index is 0.00181. The summed E-state index contributed by atoms with van der Waals surface area (Å²) >= 11 is 0. The van der Waals surface area contributed by atoms with Crippen LogP contribution in [0, 0.1) is 0 Å². The summed E-state index contributed by atoms with van der Waals surface area (Å²) in [5.41, 5.74) is -1.00. The average Bonchev–Trinajstić information content (AvgIpc) is 3.21. The fourth-order valence-electron chi connectivity index (χ4n) is 2.08. The Morgan fingerprint density at radius 1 is 1.33 bits per heavy atom. The summed E-state index contributed by atoms with van der Waals surface area (Å²) in [6.07, 6.45) is 0.910. The number of carboxylic acids is 1. The van der Waals surface area contributed by atoms with Crippen molar-refractivity contribution in [2.45, 2.75) is 30.7 Å². The predicted octanol–water partition coefficient (Wildman–Crippen LogP) is -0.0473. The summed E-state index contributed by atoms with van der Waals surface area (Å²) in [7, 11) is 0. The van der Waals surface area contributed by atoms with Gasteiger partial charge >= 0.3 is 5.97 Å². The standard InChI is InChI=1S/C12H18O6/c1-8(11(14)15)12(18-3-2-13,4-9-6-16-9)5-10-7-17-10/h9-10,13H,1-7H2,(H,14,15). The zero-order valence-corrected chi connectivity index (χ0v) is 10.1.